The zero-order valence-electron chi connectivity index (χ0n) is 9.98. The number of hydrogen-bond acceptors (Lipinski definition) is 3. The minimum Gasteiger partial charge on any atom is -0.353 e. The molecule has 0 unspecified atom stereocenters. The Morgan fingerprint density at radius 1 is 1.22 bits per heavy atom. The summed E-state index contributed by atoms with van der Waals surface area (Å²) in [5.41, 5.74) is 1.51. The van der Waals surface area contributed by atoms with Crippen LogP contribution in [0, 0.1) is 5.82 Å². The predicted molar refractivity (Wildman–Crippen MR) is 70.1 cm³/mol. The van der Waals surface area contributed by atoms with Crippen molar-refractivity contribution >= 4 is 17.4 Å². The smallest absolute Gasteiger partial charge is 0.170 e. The van der Waals surface area contributed by atoms with Crippen LogP contribution in [0.1, 0.15) is 11.1 Å². The zero-order valence-corrected chi connectivity index (χ0v) is 10.7. The van der Waals surface area contributed by atoms with E-state index in [0.29, 0.717) is 17.9 Å². The van der Waals surface area contributed by atoms with Gasteiger partial charge in [-0.1, -0.05) is 0 Å². The lowest BCUT2D eigenvalue weighted by Gasteiger charge is -2.19. The molecule has 3 nitrogen and oxygen atoms in total. The number of pyridine rings is 2. The van der Waals surface area contributed by atoms with E-state index in [4.69, 9.17) is 11.6 Å². The second-order valence-electron chi connectivity index (χ2n) is 3.95. The maximum atomic E-state index is 14.0. The van der Waals surface area contributed by atoms with E-state index in [0.717, 1.165) is 5.56 Å². The lowest BCUT2D eigenvalue weighted by atomic mass is 10.2. The Balaban J connectivity index is 2.21. The molecular formula is C13H13ClFN3. The van der Waals surface area contributed by atoms with Crippen molar-refractivity contribution in [2.75, 3.05) is 11.9 Å². The fourth-order valence-electron chi connectivity index (χ4n) is 1.68. The first kappa shape index (κ1) is 12.8. The highest BCUT2D eigenvalue weighted by Crippen LogP contribution is 2.21. The minimum atomic E-state index is -0.357. The maximum Gasteiger partial charge on any atom is 0.170 e. The molecule has 0 aliphatic rings. The highest BCUT2D eigenvalue weighted by atomic mass is 35.5. The second-order valence-corrected chi connectivity index (χ2v) is 4.22. The van der Waals surface area contributed by atoms with E-state index in [1.165, 1.54) is 0 Å². The molecule has 0 saturated carbocycles. The summed E-state index contributed by atoms with van der Waals surface area (Å²) in [4.78, 5) is 9.76. The molecule has 0 aliphatic carbocycles. The molecule has 2 rings (SSSR count). The zero-order chi connectivity index (χ0) is 13.0. The summed E-state index contributed by atoms with van der Waals surface area (Å²) < 4.78 is 14.0. The Labute approximate surface area is 110 Å². The van der Waals surface area contributed by atoms with E-state index >= 15 is 0 Å². The number of alkyl halides is 1. The van der Waals surface area contributed by atoms with E-state index in [9.17, 15) is 4.39 Å². The van der Waals surface area contributed by atoms with Crippen LogP contribution >= 0.6 is 11.6 Å². The number of halogens is 2. The molecule has 18 heavy (non-hydrogen) atoms. The maximum absolute atomic E-state index is 14.0. The van der Waals surface area contributed by atoms with Crippen LogP contribution in [0.3, 0.4) is 0 Å². The summed E-state index contributed by atoms with van der Waals surface area (Å²) in [6, 6.07) is 5.37. The van der Waals surface area contributed by atoms with Gasteiger partial charge in [0.15, 0.2) is 11.6 Å². The summed E-state index contributed by atoms with van der Waals surface area (Å²) in [6.45, 7) is 0.568. The normalized spacial score (nSPS) is 10.4. The van der Waals surface area contributed by atoms with Gasteiger partial charge in [-0.3, -0.25) is 4.98 Å². The molecule has 2 aromatic rings. The Morgan fingerprint density at radius 3 is 2.61 bits per heavy atom. The van der Waals surface area contributed by atoms with E-state index in [2.05, 4.69) is 9.97 Å². The van der Waals surface area contributed by atoms with E-state index in [-0.39, 0.29) is 11.7 Å². The quantitative estimate of drug-likeness (QED) is 0.796. The Hall–Kier alpha value is -1.68. The first-order valence-electron chi connectivity index (χ1n) is 5.51. The van der Waals surface area contributed by atoms with Crippen LogP contribution in [0.4, 0.5) is 10.2 Å². The monoisotopic (exact) mass is 265 g/mol. The van der Waals surface area contributed by atoms with Crippen molar-refractivity contribution in [1.82, 2.24) is 9.97 Å². The molecule has 94 valence electrons. The summed E-state index contributed by atoms with van der Waals surface area (Å²) in [5.74, 6) is 0.0961. The standard InChI is InChI=1S/C13H13ClFN3/c1-18(9-10-2-5-16-6-3-10)13-12(15)11(8-14)4-7-17-13/h2-7H,8-9H2,1H3. The van der Waals surface area contributed by atoms with Crippen LogP contribution in [-0.4, -0.2) is 17.0 Å². The first-order valence-corrected chi connectivity index (χ1v) is 6.05. The molecule has 0 N–H and O–H groups in total. The third-order valence-electron chi connectivity index (χ3n) is 2.63. The second kappa shape index (κ2) is 5.78. The molecule has 0 bridgehead atoms. The van der Waals surface area contributed by atoms with Crippen molar-refractivity contribution in [1.29, 1.82) is 0 Å². The van der Waals surface area contributed by atoms with Gasteiger partial charge in [0, 0.05) is 37.7 Å². The van der Waals surface area contributed by atoms with Crippen molar-refractivity contribution in [2.24, 2.45) is 0 Å². The van der Waals surface area contributed by atoms with Gasteiger partial charge < -0.3 is 4.90 Å². The topological polar surface area (TPSA) is 29.0 Å². The number of anilines is 1. The molecule has 0 aliphatic heterocycles. The fraction of sp³-hybridized carbons (Fsp3) is 0.231. The van der Waals surface area contributed by atoms with Crippen LogP contribution < -0.4 is 4.90 Å². The number of nitrogens with zero attached hydrogens (tertiary/aromatic N) is 3. The van der Waals surface area contributed by atoms with E-state index < -0.39 is 0 Å². The highest BCUT2D eigenvalue weighted by Gasteiger charge is 2.12. The lowest BCUT2D eigenvalue weighted by Crippen LogP contribution is -2.19. The molecule has 0 atom stereocenters. The molecule has 5 heteroatoms. The third-order valence-corrected chi connectivity index (χ3v) is 2.91. The van der Waals surface area contributed by atoms with Gasteiger partial charge in [0.1, 0.15) is 0 Å². The molecular weight excluding hydrogens is 253 g/mol. The largest absolute Gasteiger partial charge is 0.353 e. The van der Waals surface area contributed by atoms with Gasteiger partial charge in [0.2, 0.25) is 0 Å². The molecule has 2 heterocycles. The molecule has 0 fully saturated rings. The van der Waals surface area contributed by atoms with Crippen LogP contribution in [-0.2, 0) is 12.4 Å². The SMILES string of the molecule is CN(Cc1ccncc1)c1nccc(CCl)c1F. The Morgan fingerprint density at radius 2 is 1.94 bits per heavy atom. The minimum absolute atomic E-state index is 0.143. The van der Waals surface area contributed by atoms with Crippen LogP contribution in [0.15, 0.2) is 36.8 Å². The molecule has 0 aromatic carbocycles. The first-order chi connectivity index (χ1) is 8.72. The molecule has 2 aromatic heterocycles. The van der Waals surface area contributed by atoms with Gasteiger partial charge in [0.25, 0.3) is 0 Å². The number of rotatable bonds is 4. The molecule has 0 saturated heterocycles. The van der Waals surface area contributed by atoms with Gasteiger partial charge in [-0.05, 0) is 23.8 Å². The predicted octanol–water partition coefficient (Wildman–Crippen LogP) is 2.99. The van der Waals surface area contributed by atoms with E-state index in [1.807, 2.05) is 12.1 Å². The highest BCUT2D eigenvalue weighted by molar-refractivity contribution is 6.17. The van der Waals surface area contributed by atoms with Crippen molar-refractivity contribution in [2.45, 2.75) is 12.4 Å². The third kappa shape index (κ3) is 2.76. The van der Waals surface area contributed by atoms with Crippen LogP contribution in [0.25, 0.3) is 0 Å². The number of aromatic nitrogens is 2. The molecule has 0 spiro atoms. The summed E-state index contributed by atoms with van der Waals surface area (Å²) >= 11 is 5.67. The van der Waals surface area contributed by atoms with Crippen molar-refractivity contribution < 1.29 is 4.39 Å². The Kier molecular flexibility index (Phi) is 4.10. The van der Waals surface area contributed by atoms with E-state index in [1.54, 1.807) is 36.6 Å². The molecule has 0 radical (unpaired) electrons. The summed E-state index contributed by atoms with van der Waals surface area (Å²) in [5, 5.41) is 0. The van der Waals surface area contributed by atoms with Gasteiger partial charge in [0.05, 0.1) is 5.88 Å². The van der Waals surface area contributed by atoms with Crippen molar-refractivity contribution in [3.05, 3.63) is 53.7 Å². The van der Waals surface area contributed by atoms with Crippen LogP contribution in [0.5, 0.6) is 0 Å². The van der Waals surface area contributed by atoms with Gasteiger partial charge >= 0.3 is 0 Å². The van der Waals surface area contributed by atoms with Gasteiger partial charge in [-0.2, -0.15) is 0 Å². The van der Waals surface area contributed by atoms with Crippen molar-refractivity contribution in [3.8, 4) is 0 Å². The Bertz CT molecular complexity index is 519. The fourth-order valence-corrected chi connectivity index (χ4v) is 1.88. The summed E-state index contributed by atoms with van der Waals surface area (Å²) in [7, 11) is 1.80. The molecule has 0 amide bonds. The van der Waals surface area contributed by atoms with Gasteiger partial charge in [-0.15, -0.1) is 11.6 Å². The summed E-state index contributed by atoms with van der Waals surface area (Å²) in [6.07, 6.45) is 4.99. The van der Waals surface area contributed by atoms with Gasteiger partial charge in [-0.25, -0.2) is 9.37 Å². The number of hydrogen-bond donors (Lipinski definition) is 0. The van der Waals surface area contributed by atoms with Crippen LogP contribution in [0.2, 0.25) is 0 Å². The average molecular weight is 266 g/mol. The lowest BCUT2D eigenvalue weighted by molar-refractivity contribution is 0.604. The van der Waals surface area contributed by atoms with Crippen molar-refractivity contribution in [3.63, 3.8) is 0 Å². The average Bonchev–Trinajstić information content (AvgIpc) is 2.40.